The van der Waals surface area contributed by atoms with Gasteiger partial charge in [-0.2, -0.15) is 18.3 Å². The molecule has 29 heavy (non-hydrogen) atoms. The number of morpholine rings is 1. The summed E-state index contributed by atoms with van der Waals surface area (Å²) in [6.07, 6.45) is -4.52. The summed E-state index contributed by atoms with van der Waals surface area (Å²) < 4.78 is 45.6. The second-order valence-electron chi connectivity index (χ2n) is 6.58. The van der Waals surface area contributed by atoms with Gasteiger partial charge in [-0.3, -0.25) is 10.2 Å². The predicted molar refractivity (Wildman–Crippen MR) is 103 cm³/mol. The molecule has 7 nitrogen and oxygen atoms in total. The SMILES string of the molecule is Cc1cc(NC(=O)NCCN2CCOCC2)n(-c2cc(C(F)(F)F)ccc2Cl)n1. The maximum absolute atomic E-state index is 13.1. The number of halogens is 4. The van der Waals surface area contributed by atoms with Gasteiger partial charge in [0.05, 0.1) is 35.2 Å². The number of nitrogens with zero attached hydrogens (tertiary/aromatic N) is 3. The van der Waals surface area contributed by atoms with Crippen molar-refractivity contribution in [1.82, 2.24) is 20.0 Å². The predicted octanol–water partition coefficient (Wildman–Crippen LogP) is 3.31. The highest BCUT2D eigenvalue weighted by molar-refractivity contribution is 6.32. The quantitative estimate of drug-likeness (QED) is 0.762. The Labute approximate surface area is 170 Å². The van der Waals surface area contributed by atoms with Crippen LogP contribution < -0.4 is 10.6 Å². The first-order valence-corrected chi connectivity index (χ1v) is 9.40. The Bertz CT molecular complexity index is 866. The normalized spacial score (nSPS) is 15.3. The zero-order valence-electron chi connectivity index (χ0n) is 15.7. The van der Waals surface area contributed by atoms with Crippen LogP contribution in [-0.2, 0) is 10.9 Å². The number of carbonyl (C=O) groups is 1. The Hall–Kier alpha value is -2.30. The van der Waals surface area contributed by atoms with Crippen LogP contribution in [0.2, 0.25) is 5.02 Å². The Morgan fingerprint density at radius 1 is 1.28 bits per heavy atom. The largest absolute Gasteiger partial charge is 0.416 e. The molecule has 0 saturated carbocycles. The average Bonchev–Trinajstić information content (AvgIpc) is 3.02. The van der Waals surface area contributed by atoms with Crippen LogP contribution in [0.25, 0.3) is 5.69 Å². The van der Waals surface area contributed by atoms with Crippen molar-refractivity contribution in [3.05, 3.63) is 40.5 Å². The van der Waals surface area contributed by atoms with E-state index in [9.17, 15) is 18.0 Å². The minimum atomic E-state index is -4.52. The maximum atomic E-state index is 13.1. The molecular weight excluding hydrogens is 411 g/mol. The number of hydrogen-bond donors (Lipinski definition) is 2. The molecule has 3 rings (SSSR count). The molecule has 2 amide bonds. The summed E-state index contributed by atoms with van der Waals surface area (Å²) in [6, 6.07) is 4.02. The van der Waals surface area contributed by atoms with Gasteiger partial charge in [-0.25, -0.2) is 9.48 Å². The standard InChI is InChI=1S/C18H21ClF3N5O2/c1-12-10-16(24-17(28)23-4-5-26-6-8-29-9-7-26)27(25-12)15-11-13(18(20,21)22)2-3-14(15)19/h2-3,10-11H,4-9H2,1H3,(H2,23,24,28). The first-order valence-electron chi connectivity index (χ1n) is 9.03. The van der Waals surface area contributed by atoms with Gasteiger partial charge in [0, 0.05) is 32.2 Å². The monoisotopic (exact) mass is 431 g/mol. The van der Waals surface area contributed by atoms with E-state index in [1.165, 1.54) is 4.68 Å². The summed E-state index contributed by atoms with van der Waals surface area (Å²) in [5.41, 5.74) is -0.314. The van der Waals surface area contributed by atoms with Gasteiger partial charge in [0.1, 0.15) is 5.82 Å². The number of urea groups is 1. The van der Waals surface area contributed by atoms with Crippen molar-refractivity contribution in [2.45, 2.75) is 13.1 Å². The van der Waals surface area contributed by atoms with Crippen LogP contribution in [0.3, 0.4) is 0 Å². The summed E-state index contributed by atoms with van der Waals surface area (Å²) >= 11 is 6.10. The van der Waals surface area contributed by atoms with Crippen molar-refractivity contribution < 1.29 is 22.7 Å². The zero-order chi connectivity index (χ0) is 21.0. The third kappa shape index (κ3) is 5.62. The van der Waals surface area contributed by atoms with Crippen LogP contribution >= 0.6 is 11.6 Å². The number of hydrogen-bond acceptors (Lipinski definition) is 4. The molecule has 0 spiro atoms. The first-order chi connectivity index (χ1) is 13.7. The lowest BCUT2D eigenvalue weighted by Crippen LogP contribution is -2.42. The number of aryl methyl sites for hydroxylation is 1. The van der Waals surface area contributed by atoms with Crippen molar-refractivity contribution in [2.75, 3.05) is 44.7 Å². The van der Waals surface area contributed by atoms with E-state index in [0.29, 0.717) is 32.0 Å². The summed E-state index contributed by atoms with van der Waals surface area (Å²) in [6.45, 7) is 5.72. The summed E-state index contributed by atoms with van der Waals surface area (Å²) in [5, 5.41) is 9.60. The molecule has 158 valence electrons. The zero-order valence-corrected chi connectivity index (χ0v) is 16.5. The topological polar surface area (TPSA) is 71.4 Å². The van der Waals surface area contributed by atoms with Crippen molar-refractivity contribution in [2.24, 2.45) is 0 Å². The van der Waals surface area contributed by atoms with Crippen molar-refractivity contribution in [3.63, 3.8) is 0 Å². The summed E-state index contributed by atoms with van der Waals surface area (Å²) in [7, 11) is 0. The van der Waals surface area contributed by atoms with Gasteiger partial charge in [0.2, 0.25) is 0 Å². The van der Waals surface area contributed by atoms with Gasteiger partial charge in [0.15, 0.2) is 0 Å². The lowest BCUT2D eigenvalue weighted by molar-refractivity contribution is -0.137. The number of ether oxygens (including phenoxy) is 1. The van der Waals surface area contributed by atoms with Crippen LogP contribution in [0.15, 0.2) is 24.3 Å². The molecule has 0 radical (unpaired) electrons. The number of amides is 2. The van der Waals surface area contributed by atoms with Crippen molar-refractivity contribution >= 4 is 23.4 Å². The number of alkyl halides is 3. The first kappa shape index (κ1) is 21.4. The maximum Gasteiger partial charge on any atom is 0.416 e. The number of carbonyl (C=O) groups excluding carboxylic acids is 1. The van der Waals surface area contributed by atoms with Gasteiger partial charge in [-0.15, -0.1) is 0 Å². The number of rotatable bonds is 5. The van der Waals surface area contributed by atoms with Crippen molar-refractivity contribution in [3.8, 4) is 5.69 Å². The fourth-order valence-corrected chi connectivity index (χ4v) is 3.13. The molecule has 2 heterocycles. The van der Waals surface area contributed by atoms with E-state index in [-0.39, 0.29) is 16.5 Å². The molecule has 0 atom stereocenters. The van der Waals surface area contributed by atoms with E-state index < -0.39 is 17.8 Å². The fraction of sp³-hybridized carbons (Fsp3) is 0.444. The molecule has 1 aromatic heterocycles. The second kappa shape index (κ2) is 9.02. The van der Waals surface area contributed by atoms with E-state index in [0.717, 1.165) is 31.3 Å². The fourth-order valence-electron chi connectivity index (χ4n) is 2.94. The Morgan fingerprint density at radius 2 is 2.00 bits per heavy atom. The van der Waals surface area contributed by atoms with E-state index in [1.54, 1.807) is 13.0 Å². The van der Waals surface area contributed by atoms with Crippen LogP contribution in [0, 0.1) is 6.92 Å². The highest BCUT2D eigenvalue weighted by atomic mass is 35.5. The van der Waals surface area contributed by atoms with E-state index in [2.05, 4.69) is 20.6 Å². The molecule has 2 aromatic rings. The van der Waals surface area contributed by atoms with E-state index in [4.69, 9.17) is 16.3 Å². The molecular formula is C18H21ClF3N5O2. The number of aromatic nitrogens is 2. The number of benzene rings is 1. The molecule has 1 aliphatic rings. The smallest absolute Gasteiger partial charge is 0.379 e. The van der Waals surface area contributed by atoms with E-state index in [1.807, 2.05) is 0 Å². The highest BCUT2D eigenvalue weighted by Crippen LogP contribution is 2.34. The van der Waals surface area contributed by atoms with Crippen LogP contribution in [0.1, 0.15) is 11.3 Å². The van der Waals surface area contributed by atoms with Gasteiger partial charge in [0.25, 0.3) is 0 Å². The Kier molecular flexibility index (Phi) is 6.66. The lowest BCUT2D eigenvalue weighted by Gasteiger charge is -2.26. The van der Waals surface area contributed by atoms with Gasteiger partial charge < -0.3 is 10.1 Å². The molecule has 1 fully saturated rings. The molecule has 0 aliphatic carbocycles. The Morgan fingerprint density at radius 3 is 2.69 bits per heavy atom. The second-order valence-corrected chi connectivity index (χ2v) is 6.99. The average molecular weight is 432 g/mol. The highest BCUT2D eigenvalue weighted by Gasteiger charge is 2.31. The third-order valence-electron chi connectivity index (χ3n) is 4.39. The summed E-state index contributed by atoms with van der Waals surface area (Å²) in [4.78, 5) is 14.4. The van der Waals surface area contributed by atoms with Gasteiger partial charge >= 0.3 is 12.2 Å². The molecule has 0 bridgehead atoms. The molecule has 1 aromatic carbocycles. The van der Waals surface area contributed by atoms with Gasteiger partial charge in [-0.05, 0) is 25.1 Å². The molecule has 2 N–H and O–H groups in total. The van der Waals surface area contributed by atoms with Gasteiger partial charge in [-0.1, -0.05) is 11.6 Å². The van der Waals surface area contributed by atoms with Crippen molar-refractivity contribution in [1.29, 1.82) is 0 Å². The molecule has 0 unspecified atom stereocenters. The molecule has 1 saturated heterocycles. The molecule has 11 heteroatoms. The minimum absolute atomic E-state index is 0.0261. The minimum Gasteiger partial charge on any atom is -0.379 e. The van der Waals surface area contributed by atoms with Crippen LogP contribution in [0.4, 0.5) is 23.8 Å². The lowest BCUT2D eigenvalue weighted by atomic mass is 10.2. The van der Waals surface area contributed by atoms with Crippen LogP contribution in [0.5, 0.6) is 0 Å². The Balaban J connectivity index is 1.70. The van der Waals surface area contributed by atoms with Crippen LogP contribution in [-0.4, -0.2) is 60.1 Å². The summed E-state index contributed by atoms with van der Waals surface area (Å²) in [5.74, 6) is 0.215. The number of nitrogens with one attached hydrogen (secondary N) is 2. The third-order valence-corrected chi connectivity index (χ3v) is 4.71. The molecule has 1 aliphatic heterocycles. The van der Waals surface area contributed by atoms with E-state index >= 15 is 0 Å². The number of anilines is 1.